The first-order chi connectivity index (χ1) is 15.1. The van der Waals surface area contributed by atoms with Gasteiger partial charge in [0.25, 0.3) is 0 Å². The van der Waals surface area contributed by atoms with Gasteiger partial charge in [0, 0.05) is 45.6 Å². The Morgan fingerprint density at radius 3 is 2.78 bits per heavy atom. The molecule has 0 radical (unpaired) electrons. The number of aliphatic imine (C=N–C) groups is 1. The molecule has 172 valence electrons. The largest absolute Gasteiger partial charge is 0.376 e. The molecule has 0 saturated carbocycles. The number of ether oxygens (including phenoxy) is 1. The molecule has 3 aromatic rings. The van der Waals surface area contributed by atoms with Gasteiger partial charge in [0.15, 0.2) is 11.8 Å². The van der Waals surface area contributed by atoms with Gasteiger partial charge in [-0.15, -0.1) is 34.2 Å². The van der Waals surface area contributed by atoms with Gasteiger partial charge in [0.2, 0.25) is 0 Å². The van der Waals surface area contributed by atoms with Crippen molar-refractivity contribution >= 4 is 29.9 Å². The number of guanidine groups is 1. The Labute approximate surface area is 205 Å². The maximum absolute atomic E-state index is 5.76. The summed E-state index contributed by atoms with van der Waals surface area (Å²) >= 11 is 0. The molecule has 3 heterocycles. The molecule has 10 heteroatoms. The van der Waals surface area contributed by atoms with E-state index in [1.54, 1.807) is 0 Å². The number of rotatable bonds is 7. The summed E-state index contributed by atoms with van der Waals surface area (Å²) in [5.41, 5.74) is 2.15. The number of aromatic nitrogens is 5. The smallest absolute Gasteiger partial charge is 0.194 e. The van der Waals surface area contributed by atoms with Crippen molar-refractivity contribution in [2.24, 2.45) is 12.0 Å². The third kappa shape index (κ3) is 6.06. The first-order valence-electron chi connectivity index (χ1n) is 10.6. The minimum absolute atomic E-state index is 0. The molecule has 2 aromatic heterocycles. The van der Waals surface area contributed by atoms with Crippen molar-refractivity contribution in [2.75, 3.05) is 20.2 Å². The average molecular weight is 550 g/mol. The lowest BCUT2D eigenvalue weighted by Gasteiger charge is -2.23. The van der Waals surface area contributed by atoms with Gasteiger partial charge in [-0.1, -0.05) is 18.2 Å². The molecule has 1 fully saturated rings. The van der Waals surface area contributed by atoms with Crippen LogP contribution in [0.25, 0.3) is 5.69 Å². The van der Waals surface area contributed by atoms with Gasteiger partial charge in [-0.2, -0.15) is 5.10 Å². The molecule has 1 aliphatic rings. The molecule has 1 N–H and O–H groups in total. The maximum atomic E-state index is 5.76. The standard InChI is InChI=1S/C22H30N8O.HI/c1-17-26-27-21(29(17)3)14-24-22(23-13-20-10-7-11-31-20)28(2)15-18-12-25-30(16-18)19-8-5-4-6-9-19;/h4-6,8-9,12,16,20H,7,10-11,13-15H2,1-3H3,(H,23,24);1H. The SMILES string of the molecule is Cc1nnc(CN=C(NCC2CCCO2)N(C)Cc2cnn(-c3ccccc3)c2)n1C.I. The van der Waals surface area contributed by atoms with Gasteiger partial charge in [-0.25, -0.2) is 9.67 Å². The topological polar surface area (TPSA) is 85.4 Å². The number of halogens is 1. The predicted octanol–water partition coefficient (Wildman–Crippen LogP) is 2.68. The molecular formula is C22H31IN8O. The van der Waals surface area contributed by atoms with Gasteiger partial charge in [-0.3, -0.25) is 0 Å². The highest BCUT2D eigenvalue weighted by molar-refractivity contribution is 14.0. The van der Waals surface area contributed by atoms with E-state index >= 15 is 0 Å². The molecule has 1 aliphatic heterocycles. The monoisotopic (exact) mass is 550 g/mol. The van der Waals surface area contributed by atoms with Crippen molar-refractivity contribution < 1.29 is 4.74 Å². The number of aryl methyl sites for hydroxylation is 1. The Morgan fingerprint density at radius 2 is 2.09 bits per heavy atom. The molecular weight excluding hydrogens is 519 g/mol. The van der Waals surface area contributed by atoms with Crippen molar-refractivity contribution in [3.8, 4) is 5.69 Å². The van der Waals surface area contributed by atoms with E-state index in [-0.39, 0.29) is 30.1 Å². The summed E-state index contributed by atoms with van der Waals surface area (Å²) in [6.45, 7) is 4.66. The van der Waals surface area contributed by atoms with Crippen molar-refractivity contribution in [2.45, 2.75) is 39.0 Å². The van der Waals surface area contributed by atoms with Gasteiger partial charge in [-0.05, 0) is 31.9 Å². The fourth-order valence-electron chi connectivity index (χ4n) is 3.57. The zero-order chi connectivity index (χ0) is 21.6. The predicted molar refractivity (Wildman–Crippen MR) is 134 cm³/mol. The molecule has 1 saturated heterocycles. The molecule has 0 bridgehead atoms. The Hall–Kier alpha value is -2.47. The van der Waals surface area contributed by atoms with E-state index in [1.807, 2.05) is 66.8 Å². The van der Waals surface area contributed by atoms with E-state index in [1.165, 1.54) is 0 Å². The number of hydrogen-bond donors (Lipinski definition) is 1. The zero-order valence-corrected chi connectivity index (χ0v) is 21.1. The zero-order valence-electron chi connectivity index (χ0n) is 18.8. The highest BCUT2D eigenvalue weighted by Gasteiger charge is 2.17. The summed E-state index contributed by atoms with van der Waals surface area (Å²) < 4.78 is 9.62. The number of nitrogens with one attached hydrogen (secondary N) is 1. The summed E-state index contributed by atoms with van der Waals surface area (Å²) in [5, 5.41) is 16.3. The lowest BCUT2D eigenvalue weighted by molar-refractivity contribution is 0.113. The summed E-state index contributed by atoms with van der Waals surface area (Å²) in [4.78, 5) is 6.92. The van der Waals surface area contributed by atoms with Crippen LogP contribution in [0, 0.1) is 6.92 Å². The van der Waals surface area contributed by atoms with Crippen LogP contribution in [0.2, 0.25) is 0 Å². The minimum Gasteiger partial charge on any atom is -0.376 e. The molecule has 4 rings (SSSR count). The number of nitrogens with zero attached hydrogens (tertiary/aromatic N) is 7. The number of para-hydroxylation sites is 1. The Balaban J connectivity index is 0.00000289. The van der Waals surface area contributed by atoms with Crippen LogP contribution >= 0.6 is 24.0 Å². The quantitative estimate of drug-likeness (QED) is 0.277. The highest BCUT2D eigenvalue weighted by atomic mass is 127. The van der Waals surface area contributed by atoms with Crippen LogP contribution in [0.4, 0.5) is 0 Å². The lowest BCUT2D eigenvalue weighted by atomic mass is 10.2. The average Bonchev–Trinajstić information content (AvgIpc) is 3.53. The fraction of sp³-hybridized carbons (Fsp3) is 0.455. The molecule has 0 aliphatic carbocycles. The van der Waals surface area contributed by atoms with E-state index < -0.39 is 0 Å². The van der Waals surface area contributed by atoms with Crippen LogP contribution in [0.1, 0.15) is 30.1 Å². The van der Waals surface area contributed by atoms with Crippen molar-refractivity contribution in [1.29, 1.82) is 0 Å². The van der Waals surface area contributed by atoms with E-state index in [0.717, 1.165) is 54.9 Å². The van der Waals surface area contributed by atoms with E-state index in [2.05, 4.69) is 31.7 Å². The molecule has 32 heavy (non-hydrogen) atoms. The van der Waals surface area contributed by atoms with E-state index in [4.69, 9.17) is 9.73 Å². The molecule has 0 amide bonds. The Bertz CT molecular complexity index is 1010. The second-order valence-electron chi connectivity index (χ2n) is 7.86. The second kappa shape index (κ2) is 11.4. The van der Waals surface area contributed by atoms with Crippen LogP contribution in [0.3, 0.4) is 0 Å². The Kier molecular flexibility index (Phi) is 8.62. The minimum atomic E-state index is 0. The maximum Gasteiger partial charge on any atom is 0.194 e. The summed E-state index contributed by atoms with van der Waals surface area (Å²) in [6.07, 6.45) is 6.38. The van der Waals surface area contributed by atoms with Crippen molar-refractivity contribution in [1.82, 2.24) is 34.8 Å². The fourth-order valence-corrected chi connectivity index (χ4v) is 3.57. The second-order valence-corrected chi connectivity index (χ2v) is 7.86. The lowest BCUT2D eigenvalue weighted by Crippen LogP contribution is -2.42. The highest BCUT2D eigenvalue weighted by Crippen LogP contribution is 2.12. The van der Waals surface area contributed by atoms with E-state index in [9.17, 15) is 0 Å². The molecule has 0 spiro atoms. The summed E-state index contributed by atoms with van der Waals surface area (Å²) in [7, 11) is 3.99. The van der Waals surface area contributed by atoms with Crippen LogP contribution in [0.5, 0.6) is 0 Å². The Morgan fingerprint density at radius 1 is 1.28 bits per heavy atom. The summed E-state index contributed by atoms with van der Waals surface area (Å²) in [6, 6.07) is 10.1. The molecule has 1 atom stereocenters. The number of benzene rings is 1. The first kappa shape index (κ1) is 24.2. The van der Waals surface area contributed by atoms with Gasteiger partial charge in [0.05, 0.1) is 18.0 Å². The van der Waals surface area contributed by atoms with Gasteiger partial charge in [0.1, 0.15) is 12.4 Å². The van der Waals surface area contributed by atoms with Crippen LogP contribution in [0.15, 0.2) is 47.7 Å². The third-order valence-electron chi connectivity index (χ3n) is 5.50. The van der Waals surface area contributed by atoms with Gasteiger partial charge >= 0.3 is 0 Å². The molecule has 9 nitrogen and oxygen atoms in total. The summed E-state index contributed by atoms with van der Waals surface area (Å²) in [5.74, 6) is 2.52. The molecule has 1 aromatic carbocycles. The molecule has 1 unspecified atom stereocenters. The first-order valence-corrected chi connectivity index (χ1v) is 10.6. The normalized spacial score (nSPS) is 16.1. The van der Waals surface area contributed by atoms with Gasteiger partial charge < -0.3 is 19.5 Å². The van der Waals surface area contributed by atoms with Crippen LogP contribution in [-0.2, 0) is 24.9 Å². The van der Waals surface area contributed by atoms with Crippen LogP contribution in [-0.4, -0.2) is 61.7 Å². The van der Waals surface area contributed by atoms with Crippen molar-refractivity contribution in [3.05, 3.63) is 59.9 Å². The van der Waals surface area contributed by atoms with Crippen molar-refractivity contribution in [3.63, 3.8) is 0 Å². The third-order valence-corrected chi connectivity index (χ3v) is 5.50. The number of hydrogen-bond acceptors (Lipinski definition) is 5. The van der Waals surface area contributed by atoms with E-state index in [0.29, 0.717) is 13.1 Å². The van der Waals surface area contributed by atoms with Crippen LogP contribution < -0.4 is 5.32 Å².